The number of hydrogen-bond donors (Lipinski definition) is 1. The molecular formula is C23H30Cl2N2O2. The third kappa shape index (κ3) is 5.86. The van der Waals surface area contributed by atoms with E-state index in [2.05, 4.69) is 29.3 Å². The molecule has 0 saturated carbocycles. The van der Waals surface area contributed by atoms with Crippen molar-refractivity contribution in [3.05, 3.63) is 45.9 Å². The van der Waals surface area contributed by atoms with Gasteiger partial charge in [0.15, 0.2) is 11.5 Å². The second-order valence-corrected chi connectivity index (χ2v) is 8.07. The minimum Gasteiger partial charge on any atom is -0.490 e. The summed E-state index contributed by atoms with van der Waals surface area (Å²) in [6.07, 6.45) is 4.69. The molecule has 0 atom stereocenters. The molecule has 1 heterocycles. The number of anilines is 2. The zero-order valence-electron chi connectivity index (χ0n) is 17.3. The second-order valence-electron chi connectivity index (χ2n) is 7.25. The summed E-state index contributed by atoms with van der Waals surface area (Å²) in [5.74, 6) is 1.30. The van der Waals surface area contributed by atoms with E-state index in [-0.39, 0.29) is 0 Å². The summed E-state index contributed by atoms with van der Waals surface area (Å²) in [6.45, 7) is 7.97. The summed E-state index contributed by atoms with van der Waals surface area (Å²) in [4.78, 5) is 2.37. The van der Waals surface area contributed by atoms with E-state index >= 15 is 0 Å². The van der Waals surface area contributed by atoms with E-state index in [1.807, 2.05) is 25.1 Å². The van der Waals surface area contributed by atoms with Gasteiger partial charge in [0.05, 0.1) is 28.9 Å². The fourth-order valence-electron chi connectivity index (χ4n) is 3.54. The molecule has 2 aromatic rings. The molecule has 6 heteroatoms. The SMILES string of the molecule is CCCOc1c(Cl)cc(CNc2ccc(N3CCCCC3)c(Cl)c2)cc1OCC. The van der Waals surface area contributed by atoms with Crippen LogP contribution in [0.5, 0.6) is 11.5 Å². The first-order valence-corrected chi connectivity index (χ1v) is 11.2. The summed E-state index contributed by atoms with van der Waals surface area (Å²) in [5.41, 5.74) is 3.13. The van der Waals surface area contributed by atoms with Crippen molar-refractivity contribution in [2.24, 2.45) is 0 Å². The monoisotopic (exact) mass is 436 g/mol. The lowest BCUT2D eigenvalue weighted by Crippen LogP contribution is -2.29. The molecule has 4 nitrogen and oxygen atoms in total. The van der Waals surface area contributed by atoms with Gasteiger partial charge in [-0.1, -0.05) is 30.1 Å². The molecule has 158 valence electrons. The number of piperidine rings is 1. The normalized spacial score (nSPS) is 14.0. The second kappa shape index (κ2) is 10.8. The first kappa shape index (κ1) is 21.9. The van der Waals surface area contributed by atoms with Crippen LogP contribution in [0.15, 0.2) is 30.3 Å². The Morgan fingerprint density at radius 3 is 2.45 bits per heavy atom. The van der Waals surface area contributed by atoms with Gasteiger partial charge in [0.2, 0.25) is 0 Å². The van der Waals surface area contributed by atoms with Crippen molar-refractivity contribution >= 4 is 34.6 Å². The van der Waals surface area contributed by atoms with Crippen LogP contribution in [0.4, 0.5) is 11.4 Å². The van der Waals surface area contributed by atoms with Gasteiger partial charge >= 0.3 is 0 Å². The first-order chi connectivity index (χ1) is 14.1. The van der Waals surface area contributed by atoms with Crippen molar-refractivity contribution in [1.82, 2.24) is 0 Å². The average Bonchev–Trinajstić information content (AvgIpc) is 2.72. The molecule has 1 fully saturated rings. The van der Waals surface area contributed by atoms with Gasteiger partial charge in [0.25, 0.3) is 0 Å². The fraction of sp³-hybridized carbons (Fsp3) is 0.478. The van der Waals surface area contributed by atoms with Crippen LogP contribution in [0.3, 0.4) is 0 Å². The van der Waals surface area contributed by atoms with E-state index in [1.54, 1.807) is 0 Å². The number of benzene rings is 2. The third-order valence-electron chi connectivity index (χ3n) is 4.96. The van der Waals surface area contributed by atoms with Gasteiger partial charge < -0.3 is 19.7 Å². The van der Waals surface area contributed by atoms with Crippen molar-refractivity contribution in [3.63, 3.8) is 0 Å². The molecule has 1 saturated heterocycles. The molecule has 0 spiro atoms. The van der Waals surface area contributed by atoms with Crippen LogP contribution in [0, 0.1) is 0 Å². The number of hydrogen-bond acceptors (Lipinski definition) is 4. The van der Waals surface area contributed by atoms with Gasteiger partial charge in [-0.2, -0.15) is 0 Å². The summed E-state index contributed by atoms with van der Waals surface area (Å²) in [7, 11) is 0. The van der Waals surface area contributed by atoms with Gasteiger partial charge in [0.1, 0.15) is 0 Å². The number of halogens is 2. The predicted molar refractivity (Wildman–Crippen MR) is 123 cm³/mol. The lowest BCUT2D eigenvalue weighted by atomic mass is 10.1. The Hall–Kier alpha value is -1.78. The highest BCUT2D eigenvalue weighted by Crippen LogP contribution is 2.37. The van der Waals surface area contributed by atoms with Gasteiger partial charge in [-0.25, -0.2) is 0 Å². The lowest BCUT2D eigenvalue weighted by Gasteiger charge is -2.29. The van der Waals surface area contributed by atoms with E-state index in [4.69, 9.17) is 32.7 Å². The molecule has 0 aliphatic carbocycles. The number of rotatable bonds is 9. The molecule has 0 amide bonds. The van der Waals surface area contributed by atoms with Crippen molar-refractivity contribution < 1.29 is 9.47 Å². The average molecular weight is 437 g/mol. The highest BCUT2D eigenvalue weighted by atomic mass is 35.5. The van der Waals surface area contributed by atoms with Crippen LogP contribution in [-0.4, -0.2) is 26.3 Å². The fourth-order valence-corrected chi connectivity index (χ4v) is 4.13. The Bertz CT molecular complexity index is 808. The Labute approximate surface area is 184 Å². The maximum atomic E-state index is 6.57. The van der Waals surface area contributed by atoms with Gasteiger partial charge in [0, 0.05) is 25.3 Å². The Morgan fingerprint density at radius 1 is 0.966 bits per heavy atom. The Balaban J connectivity index is 1.69. The van der Waals surface area contributed by atoms with Gasteiger partial charge in [-0.3, -0.25) is 0 Å². The highest BCUT2D eigenvalue weighted by Gasteiger charge is 2.15. The van der Waals surface area contributed by atoms with E-state index in [9.17, 15) is 0 Å². The van der Waals surface area contributed by atoms with E-state index in [0.717, 1.165) is 41.5 Å². The van der Waals surface area contributed by atoms with Crippen molar-refractivity contribution in [1.29, 1.82) is 0 Å². The van der Waals surface area contributed by atoms with Crippen molar-refractivity contribution in [3.8, 4) is 11.5 Å². The molecule has 1 aliphatic rings. The standard InChI is InChI=1S/C23H30Cl2N2O2/c1-3-12-29-23-20(25)13-17(14-22(23)28-4-2)16-26-18-8-9-21(19(24)15-18)27-10-6-5-7-11-27/h8-9,13-15,26H,3-7,10-12,16H2,1-2H3. The maximum Gasteiger partial charge on any atom is 0.179 e. The Kier molecular flexibility index (Phi) is 8.19. The number of ether oxygens (including phenoxy) is 2. The molecule has 0 bridgehead atoms. The Morgan fingerprint density at radius 2 is 1.76 bits per heavy atom. The van der Waals surface area contributed by atoms with Crippen LogP contribution in [0.25, 0.3) is 0 Å². The van der Waals surface area contributed by atoms with Crippen molar-refractivity contribution in [2.45, 2.75) is 46.1 Å². The molecule has 1 N–H and O–H groups in total. The summed E-state index contributed by atoms with van der Waals surface area (Å²) in [6, 6.07) is 10.1. The lowest BCUT2D eigenvalue weighted by molar-refractivity contribution is 0.277. The van der Waals surface area contributed by atoms with Crippen LogP contribution in [0.2, 0.25) is 10.0 Å². The molecule has 0 radical (unpaired) electrons. The third-order valence-corrected chi connectivity index (χ3v) is 5.54. The smallest absolute Gasteiger partial charge is 0.179 e. The largest absolute Gasteiger partial charge is 0.490 e. The maximum absolute atomic E-state index is 6.57. The topological polar surface area (TPSA) is 33.7 Å². The van der Waals surface area contributed by atoms with Gasteiger partial charge in [-0.05, 0) is 68.5 Å². The molecule has 1 aliphatic heterocycles. The first-order valence-electron chi connectivity index (χ1n) is 10.5. The molecule has 2 aromatic carbocycles. The molecular weight excluding hydrogens is 407 g/mol. The van der Waals surface area contributed by atoms with Crippen LogP contribution < -0.4 is 19.7 Å². The summed E-state index contributed by atoms with van der Waals surface area (Å²) >= 11 is 13.0. The predicted octanol–water partition coefficient (Wildman–Crippen LogP) is 6.78. The van der Waals surface area contributed by atoms with Crippen LogP contribution >= 0.6 is 23.2 Å². The van der Waals surface area contributed by atoms with E-state index in [1.165, 1.54) is 19.3 Å². The summed E-state index contributed by atoms with van der Waals surface area (Å²) < 4.78 is 11.5. The molecule has 29 heavy (non-hydrogen) atoms. The zero-order chi connectivity index (χ0) is 20.6. The van der Waals surface area contributed by atoms with Crippen LogP contribution in [-0.2, 0) is 6.54 Å². The molecule has 0 aromatic heterocycles. The van der Waals surface area contributed by atoms with Crippen molar-refractivity contribution in [2.75, 3.05) is 36.5 Å². The number of nitrogens with one attached hydrogen (secondary N) is 1. The molecule has 3 rings (SSSR count). The highest BCUT2D eigenvalue weighted by molar-refractivity contribution is 6.33. The number of nitrogens with zero attached hydrogens (tertiary/aromatic N) is 1. The minimum atomic E-state index is 0.559. The minimum absolute atomic E-state index is 0.559. The van der Waals surface area contributed by atoms with Gasteiger partial charge in [-0.15, -0.1) is 0 Å². The quantitative estimate of drug-likeness (QED) is 0.469. The summed E-state index contributed by atoms with van der Waals surface area (Å²) in [5, 5.41) is 4.79. The van der Waals surface area contributed by atoms with E-state index in [0.29, 0.717) is 36.3 Å². The molecule has 0 unspecified atom stereocenters. The zero-order valence-corrected chi connectivity index (χ0v) is 18.8. The van der Waals surface area contributed by atoms with Crippen LogP contribution in [0.1, 0.15) is 45.1 Å². The van der Waals surface area contributed by atoms with E-state index < -0.39 is 0 Å².